The molecule has 0 amide bonds. The maximum atomic E-state index is 11.2. The third-order valence-corrected chi connectivity index (χ3v) is 4.38. The van der Waals surface area contributed by atoms with Gasteiger partial charge in [0.2, 0.25) is 0 Å². The highest BCUT2D eigenvalue weighted by Gasteiger charge is 2.41. The summed E-state index contributed by atoms with van der Waals surface area (Å²) in [4.78, 5) is 24.1. The quantitative estimate of drug-likeness (QED) is 0.684. The van der Waals surface area contributed by atoms with Gasteiger partial charge in [0.25, 0.3) is 0 Å². The standard InChI is InChI=1S/C13H21NO5/c15-11(16)9-3-6-14(7-10(9)12(17)18)8-13(19)4-1-2-5-13/h9-10,19H,1-8H2,(H,15,16)(H,17,18). The molecule has 6 nitrogen and oxygen atoms in total. The van der Waals surface area contributed by atoms with Crippen molar-refractivity contribution in [2.24, 2.45) is 11.8 Å². The predicted molar refractivity (Wildman–Crippen MR) is 66.7 cm³/mol. The minimum Gasteiger partial charge on any atom is -0.481 e. The first-order valence-corrected chi connectivity index (χ1v) is 6.82. The van der Waals surface area contributed by atoms with Crippen molar-refractivity contribution in [2.45, 2.75) is 37.7 Å². The molecule has 1 aliphatic heterocycles. The Balaban J connectivity index is 1.98. The van der Waals surface area contributed by atoms with E-state index in [1.165, 1.54) is 0 Å². The molecule has 0 aromatic rings. The zero-order valence-corrected chi connectivity index (χ0v) is 10.9. The van der Waals surface area contributed by atoms with Gasteiger partial charge in [-0.1, -0.05) is 12.8 Å². The summed E-state index contributed by atoms with van der Waals surface area (Å²) in [6.45, 7) is 1.22. The lowest BCUT2D eigenvalue weighted by Gasteiger charge is -2.38. The molecule has 2 fully saturated rings. The van der Waals surface area contributed by atoms with Crippen molar-refractivity contribution in [3.8, 4) is 0 Å². The zero-order chi connectivity index (χ0) is 14.0. The monoisotopic (exact) mass is 271 g/mol. The van der Waals surface area contributed by atoms with Crippen LogP contribution in [0, 0.1) is 11.8 Å². The van der Waals surface area contributed by atoms with Crippen molar-refractivity contribution in [3.05, 3.63) is 0 Å². The Morgan fingerprint density at radius 1 is 1.11 bits per heavy atom. The van der Waals surface area contributed by atoms with Crippen LogP contribution in [0.15, 0.2) is 0 Å². The summed E-state index contributed by atoms with van der Waals surface area (Å²) < 4.78 is 0. The number of aliphatic hydroxyl groups is 1. The fraction of sp³-hybridized carbons (Fsp3) is 0.846. The summed E-state index contributed by atoms with van der Waals surface area (Å²) in [5.41, 5.74) is -0.709. The molecule has 0 aromatic heterocycles. The van der Waals surface area contributed by atoms with Gasteiger partial charge in [-0.2, -0.15) is 0 Å². The van der Waals surface area contributed by atoms with Gasteiger partial charge in [0.05, 0.1) is 17.4 Å². The number of rotatable bonds is 4. The number of carboxylic acids is 2. The number of carboxylic acid groups (broad SMARTS) is 2. The molecule has 1 heterocycles. The van der Waals surface area contributed by atoms with Gasteiger partial charge in [-0.05, 0) is 25.8 Å². The second-order valence-electron chi connectivity index (χ2n) is 5.84. The summed E-state index contributed by atoms with van der Waals surface area (Å²) in [6.07, 6.45) is 3.85. The molecule has 0 bridgehead atoms. The summed E-state index contributed by atoms with van der Waals surface area (Å²) in [5, 5.41) is 28.5. The van der Waals surface area contributed by atoms with Crippen LogP contribution in [0.1, 0.15) is 32.1 Å². The van der Waals surface area contributed by atoms with Crippen molar-refractivity contribution in [1.82, 2.24) is 4.90 Å². The van der Waals surface area contributed by atoms with Crippen molar-refractivity contribution < 1.29 is 24.9 Å². The molecule has 2 atom stereocenters. The topological polar surface area (TPSA) is 98.1 Å². The summed E-state index contributed by atoms with van der Waals surface area (Å²) >= 11 is 0. The van der Waals surface area contributed by atoms with Crippen LogP contribution in [0.25, 0.3) is 0 Å². The molecule has 1 saturated carbocycles. The molecule has 2 rings (SSSR count). The Hall–Kier alpha value is -1.14. The molecule has 1 aliphatic carbocycles. The van der Waals surface area contributed by atoms with E-state index < -0.39 is 29.4 Å². The number of aliphatic carboxylic acids is 2. The smallest absolute Gasteiger partial charge is 0.308 e. The second-order valence-corrected chi connectivity index (χ2v) is 5.84. The van der Waals surface area contributed by atoms with Gasteiger partial charge < -0.3 is 15.3 Å². The highest BCUT2D eigenvalue weighted by molar-refractivity contribution is 5.80. The van der Waals surface area contributed by atoms with E-state index in [0.717, 1.165) is 25.7 Å². The fourth-order valence-electron chi connectivity index (χ4n) is 3.32. The SMILES string of the molecule is O=C(O)C1CCN(CC2(O)CCCC2)CC1C(=O)O. The number of likely N-dealkylation sites (tertiary alicyclic amines) is 1. The number of hydrogen-bond donors (Lipinski definition) is 3. The van der Waals surface area contributed by atoms with E-state index in [1.54, 1.807) is 0 Å². The lowest BCUT2D eigenvalue weighted by Crippen LogP contribution is -2.51. The van der Waals surface area contributed by atoms with Crippen LogP contribution in [0.4, 0.5) is 0 Å². The van der Waals surface area contributed by atoms with Crippen LogP contribution in [0.3, 0.4) is 0 Å². The van der Waals surface area contributed by atoms with E-state index in [4.69, 9.17) is 10.2 Å². The maximum Gasteiger partial charge on any atom is 0.308 e. The van der Waals surface area contributed by atoms with Gasteiger partial charge in [-0.25, -0.2) is 0 Å². The molecular formula is C13H21NO5. The van der Waals surface area contributed by atoms with Crippen LogP contribution in [0.2, 0.25) is 0 Å². The molecule has 2 unspecified atom stereocenters. The number of β-amino-alcohol motifs (C(OH)–C–C–N with tert-alkyl or cyclic N) is 1. The van der Waals surface area contributed by atoms with Gasteiger partial charge in [-0.3, -0.25) is 14.5 Å². The molecule has 0 aromatic carbocycles. The van der Waals surface area contributed by atoms with E-state index in [9.17, 15) is 14.7 Å². The minimum absolute atomic E-state index is 0.217. The first-order chi connectivity index (χ1) is 8.91. The predicted octanol–water partition coefficient (Wildman–Crippen LogP) is 0.399. The Kier molecular flexibility index (Phi) is 4.10. The van der Waals surface area contributed by atoms with E-state index in [-0.39, 0.29) is 6.54 Å². The Labute approximate surface area is 112 Å². The van der Waals surface area contributed by atoms with Crippen molar-refractivity contribution in [2.75, 3.05) is 19.6 Å². The van der Waals surface area contributed by atoms with Gasteiger partial charge in [0, 0.05) is 13.1 Å². The second kappa shape index (κ2) is 5.46. The van der Waals surface area contributed by atoms with Crippen molar-refractivity contribution >= 4 is 11.9 Å². The fourth-order valence-corrected chi connectivity index (χ4v) is 3.32. The van der Waals surface area contributed by atoms with Gasteiger partial charge >= 0.3 is 11.9 Å². The summed E-state index contributed by atoms with van der Waals surface area (Å²) in [5.74, 6) is -3.79. The van der Waals surface area contributed by atoms with Gasteiger partial charge in [0.1, 0.15) is 0 Å². The third kappa shape index (κ3) is 3.25. The Morgan fingerprint density at radius 3 is 2.21 bits per heavy atom. The molecule has 108 valence electrons. The van der Waals surface area contributed by atoms with Gasteiger partial charge in [-0.15, -0.1) is 0 Å². The minimum atomic E-state index is -1.06. The highest BCUT2D eigenvalue weighted by atomic mass is 16.4. The first-order valence-electron chi connectivity index (χ1n) is 6.82. The normalized spacial score (nSPS) is 31.2. The summed E-state index contributed by atoms with van der Waals surface area (Å²) in [7, 11) is 0. The van der Waals surface area contributed by atoms with Crippen molar-refractivity contribution in [1.29, 1.82) is 0 Å². The average Bonchev–Trinajstić information content (AvgIpc) is 2.75. The lowest BCUT2D eigenvalue weighted by molar-refractivity contribution is -0.157. The molecule has 3 N–H and O–H groups in total. The van der Waals surface area contributed by atoms with Gasteiger partial charge in [0.15, 0.2) is 0 Å². The molecule has 1 saturated heterocycles. The summed E-state index contributed by atoms with van der Waals surface area (Å²) in [6, 6.07) is 0. The van der Waals surface area contributed by atoms with Crippen LogP contribution >= 0.6 is 0 Å². The average molecular weight is 271 g/mol. The Morgan fingerprint density at radius 2 is 1.68 bits per heavy atom. The van der Waals surface area contributed by atoms with E-state index in [0.29, 0.717) is 19.5 Å². The zero-order valence-electron chi connectivity index (χ0n) is 10.9. The van der Waals surface area contributed by atoms with Crippen molar-refractivity contribution in [3.63, 3.8) is 0 Å². The van der Waals surface area contributed by atoms with Crippen LogP contribution in [0.5, 0.6) is 0 Å². The van der Waals surface area contributed by atoms with Crippen LogP contribution in [-0.4, -0.2) is 57.4 Å². The Bertz CT molecular complexity index is 364. The number of carbonyl (C=O) groups is 2. The molecular weight excluding hydrogens is 250 g/mol. The van der Waals surface area contributed by atoms with E-state index in [1.807, 2.05) is 4.90 Å². The lowest BCUT2D eigenvalue weighted by atomic mass is 9.85. The van der Waals surface area contributed by atoms with E-state index >= 15 is 0 Å². The molecule has 0 spiro atoms. The third-order valence-electron chi connectivity index (χ3n) is 4.38. The molecule has 0 radical (unpaired) electrons. The maximum absolute atomic E-state index is 11.2. The highest BCUT2D eigenvalue weighted by Crippen LogP contribution is 2.32. The number of hydrogen-bond acceptors (Lipinski definition) is 4. The van der Waals surface area contributed by atoms with Crippen LogP contribution < -0.4 is 0 Å². The molecule has 19 heavy (non-hydrogen) atoms. The number of piperidine rings is 1. The molecule has 6 heteroatoms. The van der Waals surface area contributed by atoms with Crippen LogP contribution in [-0.2, 0) is 9.59 Å². The van der Waals surface area contributed by atoms with E-state index in [2.05, 4.69) is 0 Å². The largest absolute Gasteiger partial charge is 0.481 e. The number of nitrogens with zero attached hydrogens (tertiary/aromatic N) is 1. The molecule has 2 aliphatic rings. The first kappa shape index (κ1) is 14.3.